The minimum Gasteiger partial charge on any atom is -0.363 e. The first-order chi connectivity index (χ1) is 9.28. The van der Waals surface area contributed by atoms with E-state index in [0.717, 1.165) is 32.4 Å². The highest BCUT2D eigenvalue weighted by Crippen LogP contribution is 2.32. The number of fused-ring (bicyclic) bond motifs is 1. The molecule has 1 aromatic heterocycles. The van der Waals surface area contributed by atoms with Crippen molar-refractivity contribution in [2.75, 3.05) is 13.6 Å². The lowest BCUT2D eigenvalue weighted by Gasteiger charge is -2.35. The van der Waals surface area contributed by atoms with Gasteiger partial charge < -0.3 is 10.1 Å². The third kappa shape index (κ3) is 2.68. The summed E-state index contributed by atoms with van der Waals surface area (Å²) < 4.78 is 5.96. The molecule has 2 aliphatic heterocycles. The Balaban J connectivity index is 1.60. The van der Waals surface area contributed by atoms with E-state index in [4.69, 9.17) is 4.74 Å². The van der Waals surface area contributed by atoms with Gasteiger partial charge in [-0.3, -0.25) is 9.69 Å². The standard InChI is InChI=1S/C14H20N2O2S/c1-15-14(17)13-3-2-11-12(18-13)4-6-16(11)8-10-5-7-19-9-10/h5,7,9,11-13H,2-4,6,8H2,1H3,(H,15,17)/t11-,12-,13+/m1/s1. The lowest BCUT2D eigenvalue weighted by atomic mass is 9.98. The topological polar surface area (TPSA) is 41.6 Å². The third-order valence-corrected chi connectivity index (χ3v) is 4.90. The van der Waals surface area contributed by atoms with Crippen LogP contribution in [0.3, 0.4) is 0 Å². The van der Waals surface area contributed by atoms with E-state index < -0.39 is 0 Å². The first kappa shape index (κ1) is 13.1. The number of thiophene rings is 1. The van der Waals surface area contributed by atoms with Gasteiger partial charge in [-0.15, -0.1) is 0 Å². The highest BCUT2D eigenvalue weighted by atomic mass is 32.1. The van der Waals surface area contributed by atoms with Gasteiger partial charge in [0.05, 0.1) is 6.10 Å². The van der Waals surface area contributed by atoms with E-state index >= 15 is 0 Å². The minimum absolute atomic E-state index is 0.0229. The van der Waals surface area contributed by atoms with Crippen LogP contribution in [0.25, 0.3) is 0 Å². The number of carbonyl (C=O) groups is 1. The number of nitrogens with one attached hydrogen (secondary N) is 1. The molecular formula is C14H20N2O2S. The van der Waals surface area contributed by atoms with Gasteiger partial charge >= 0.3 is 0 Å². The van der Waals surface area contributed by atoms with Crippen molar-refractivity contribution in [1.82, 2.24) is 10.2 Å². The Morgan fingerprint density at radius 3 is 3.16 bits per heavy atom. The molecule has 5 heteroatoms. The van der Waals surface area contributed by atoms with Crippen molar-refractivity contribution in [2.45, 2.75) is 44.1 Å². The Morgan fingerprint density at radius 1 is 1.53 bits per heavy atom. The van der Waals surface area contributed by atoms with Gasteiger partial charge in [0.25, 0.3) is 0 Å². The maximum Gasteiger partial charge on any atom is 0.248 e. The van der Waals surface area contributed by atoms with Crippen LogP contribution in [0.2, 0.25) is 0 Å². The zero-order valence-corrected chi connectivity index (χ0v) is 12.0. The van der Waals surface area contributed by atoms with Crippen LogP contribution in [-0.4, -0.2) is 42.6 Å². The molecule has 4 nitrogen and oxygen atoms in total. The predicted octanol–water partition coefficient (Wildman–Crippen LogP) is 1.62. The van der Waals surface area contributed by atoms with Gasteiger partial charge in [0.2, 0.25) is 5.91 Å². The predicted molar refractivity (Wildman–Crippen MR) is 75.1 cm³/mol. The molecule has 0 unspecified atom stereocenters. The summed E-state index contributed by atoms with van der Waals surface area (Å²) in [5.41, 5.74) is 1.39. The van der Waals surface area contributed by atoms with Gasteiger partial charge in [-0.25, -0.2) is 0 Å². The maximum atomic E-state index is 11.6. The first-order valence-corrected chi connectivity index (χ1v) is 7.84. The average molecular weight is 280 g/mol. The molecule has 19 heavy (non-hydrogen) atoms. The normalized spacial score (nSPS) is 31.1. The lowest BCUT2D eigenvalue weighted by Crippen LogP contribution is -2.47. The zero-order valence-electron chi connectivity index (χ0n) is 11.2. The number of carbonyl (C=O) groups excluding carboxylic acids is 1. The van der Waals surface area contributed by atoms with Gasteiger partial charge in [-0.2, -0.15) is 11.3 Å². The quantitative estimate of drug-likeness (QED) is 0.915. The first-order valence-electron chi connectivity index (χ1n) is 6.90. The summed E-state index contributed by atoms with van der Waals surface area (Å²) in [6, 6.07) is 2.68. The smallest absolute Gasteiger partial charge is 0.248 e. The van der Waals surface area contributed by atoms with Crippen LogP contribution in [0.4, 0.5) is 0 Å². The highest BCUT2D eigenvalue weighted by Gasteiger charge is 2.41. The molecule has 0 aromatic carbocycles. The van der Waals surface area contributed by atoms with Crippen molar-refractivity contribution >= 4 is 17.2 Å². The van der Waals surface area contributed by atoms with Crippen molar-refractivity contribution in [2.24, 2.45) is 0 Å². The molecule has 0 saturated carbocycles. The van der Waals surface area contributed by atoms with Crippen molar-refractivity contribution in [1.29, 1.82) is 0 Å². The Hall–Kier alpha value is -0.910. The molecular weight excluding hydrogens is 260 g/mol. The number of amides is 1. The molecule has 2 aliphatic rings. The van der Waals surface area contributed by atoms with Crippen LogP contribution in [-0.2, 0) is 16.1 Å². The largest absolute Gasteiger partial charge is 0.363 e. The zero-order chi connectivity index (χ0) is 13.2. The number of rotatable bonds is 3. The number of likely N-dealkylation sites (N-methyl/N-ethyl adjacent to an activating group) is 1. The summed E-state index contributed by atoms with van der Waals surface area (Å²) in [4.78, 5) is 14.2. The summed E-state index contributed by atoms with van der Waals surface area (Å²) in [6.07, 6.45) is 2.93. The lowest BCUT2D eigenvalue weighted by molar-refractivity contribution is -0.143. The van der Waals surface area contributed by atoms with Crippen LogP contribution < -0.4 is 5.32 Å². The van der Waals surface area contributed by atoms with Gasteiger partial charge in [0.1, 0.15) is 6.10 Å². The second kappa shape index (κ2) is 5.61. The van der Waals surface area contributed by atoms with Gasteiger partial charge in [0, 0.05) is 26.2 Å². The van der Waals surface area contributed by atoms with Crippen molar-refractivity contribution in [3.63, 3.8) is 0 Å². The van der Waals surface area contributed by atoms with Crippen LogP contribution >= 0.6 is 11.3 Å². The van der Waals surface area contributed by atoms with E-state index in [1.165, 1.54) is 5.56 Å². The fraction of sp³-hybridized carbons (Fsp3) is 0.643. The molecule has 1 amide bonds. The molecule has 3 atom stereocenters. The van der Waals surface area contributed by atoms with E-state index in [2.05, 4.69) is 27.0 Å². The molecule has 3 heterocycles. The monoisotopic (exact) mass is 280 g/mol. The number of likely N-dealkylation sites (tertiary alicyclic amines) is 1. The van der Waals surface area contributed by atoms with E-state index in [0.29, 0.717) is 6.04 Å². The fourth-order valence-electron chi connectivity index (χ4n) is 3.18. The van der Waals surface area contributed by atoms with Crippen LogP contribution in [0, 0.1) is 0 Å². The average Bonchev–Trinajstić information content (AvgIpc) is 3.08. The molecule has 1 aromatic rings. The fourth-order valence-corrected chi connectivity index (χ4v) is 3.84. The maximum absolute atomic E-state index is 11.6. The number of hydrogen-bond donors (Lipinski definition) is 1. The SMILES string of the molecule is CNC(=O)[C@@H]1CC[C@@H]2[C@@H](CCN2Cc2ccsc2)O1. The minimum atomic E-state index is -0.243. The Kier molecular flexibility index (Phi) is 3.86. The van der Waals surface area contributed by atoms with Gasteiger partial charge in [-0.1, -0.05) is 0 Å². The molecule has 2 saturated heterocycles. The van der Waals surface area contributed by atoms with Crippen LogP contribution in [0.1, 0.15) is 24.8 Å². The number of hydrogen-bond acceptors (Lipinski definition) is 4. The molecule has 3 rings (SSSR count). The van der Waals surface area contributed by atoms with Gasteiger partial charge in [0.15, 0.2) is 0 Å². The summed E-state index contributed by atoms with van der Waals surface area (Å²) in [5, 5.41) is 7.03. The molecule has 1 N–H and O–H groups in total. The van der Waals surface area contributed by atoms with E-state index in [-0.39, 0.29) is 18.1 Å². The molecule has 0 spiro atoms. The van der Waals surface area contributed by atoms with Crippen LogP contribution in [0.15, 0.2) is 16.8 Å². The van der Waals surface area contributed by atoms with Crippen molar-refractivity contribution in [3.8, 4) is 0 Å². The Morgan fingerprint density at radius 2 is 2.42 bits per heavy atom. The molecule has 0 aliphatic carbocycles. The highest BCUT2D eigenvalue weighted by molar-refractivity contribution is 7.07. The van der Waals surface area contributed by atoms with Gasteiger partial charge in [-0.05, 0) is 41.7 Å². The van der Waals surface area contributed by atoms with Crippen molar-refractivity contribution in [3.05, 3.63) is 22.4 Å². The second-order valence-corrected chi connectivity index (χ2v) is 6.09. The summed E-state index contributed by atoms with van der Waals surface area (Å²) in [6.45, 7) is 2.09. The van der Waals surface area contributed by atoms with Crippen LogP contribution in [0.5, 0.6) is 0 Å². The van der Waals surface area contributed by atoms with E-state index in [1.807, 2.05) is 0 Å². The summed E-state index contributed by atoms with van der Waals surface area (Å²) >= 11 is 1.75. The summed E-state index contributed by atoms with van der Waals surface area (Å²) in [5.74, 6) is 0.0229. The Bertz CT molecular complexity index is 435. The molecule has 0 bridgehead atoms. The molecule has 104 valence electrons. The molecule has 2 fully saturated rings. The van der Waals surface area contributed by atoms with E-state index in [1.54, 1.807) is 18.4 Å². The Labute approximate surface area is 117 Å². The van der Waals surface area contributed by atoms with E-state index in [9.17, 15) is 4.79 Å². The number of nitrogens with zero attached hydrogens (tertiary/aromatic N) is 1. The summed E-state index contributed by atoms with van der Waals surface area (Å²) in [7, 11) is 1.68. The molecule has 0 radical (unpaired) electrons. The third-order valence-electron chi connectivity index (χ3n) is 4.17. The second-order valence-electron chi connectivity index (χ2n) is 5.31. The van der Waals surface area contributed by atoms with Crippen molar-refractivity contribution < 1.29 is 9.53 Å². The number of ether oxygens (including phenoxy) is 1.